The van der Waals surface area contributed by atoms with Crippen LogP contribution in [0.3, 0.4) is 0 Å². The number of hydrogen-bond acceptors (Lipinski definition) is 3. The first-order chi connectivity index (χ1) is 7.75. The molecule has 2 heterocycles. The van der Waals surface area contributed by atoms with Crippen LogP contribution in [-0.4, -0.2) is 19.3 Å². The van der Waals surface area contributed by atoms with Crippen molar-refractivity contribution in [1.82, 2.24) is 0 Å². The van der Waals surface area contributed by atoms with Crippen molar-refractivity contribution in [3.63, 3.8) is 0 Å². The van der Waals surface area contributed by atoms with Gasteiger partial charge in [0, 0.05) is 6.42 Å². The van der Waals surface area contributed by atoms with Gasteiger partial charge in [0.05, 0.1) is 6.61 Å². The summed E-state index contributed by atoms with van der Waals surface area (Å²) in [6.07, 6.45) is 6.54. The smallest absolute Gasteiger partial charge is 0.325 e. The first-order valence-corrected chi connectivity index (χ1v) is 6.41. The second-order valence-electron chi connectivity index (χ2n) is 5.07. The van der Waals surface area contributed by atoms with Gasteiger partial charge < -0.3 is 14.2 Å². The van der Waals surface area contributed by atoms with Gasteiger partial charge in [0.25, 0.3) is 0 Å². The van der Waals surface area contributed by atoms with E-state index >= 15 is 0 Å². The van der Waals surface area contributed by atoms with E-state index in [1.54, 1.807) is 0 Å². The normalized spacial score (nSPS) is 22.3. The Morgan fingerprint density at radius 2 is 2.12 bits per heavy atom. The van der Waals surface area contributed by atoms with E-state index in [2.05, 4.69) is 13.8 Å². The van der Waals surface area contributed by atoms with Gasteiger partial charge in [-0.15, -0.1) is 0 Å². The molecule has 0 saturated carbocycles. The number of ether oxygens (including phenoxy) is 3. The number of allylic oxidation sites excluding steroid dienone is 1. The standard InChI is InChI=1S/C13H22O3/c1-10(2)6-4-3-5-7-12-13(16-12)15-9-11-8-14-11/h10-11H,3-9H2,1-2H3. The first kappa shape index (κ1) is 11.8. The molecule has 0 spiro atoms. The highest BCUT2D eigenvalue weighted by atomic mass is 16.7. The molecule has 2 aliphatic heterocycles. The third kappa shape index (κ3) is 4.44. The fraction of sp³-hybridized carbons (Fsp3) is 0.846. The van der Waals surface area contributed by atoms with Crippen molar-refractivity contribution >= 4 is 0 Å². The molecule has 0 aromatic heterocycles. The van der Waals surface area contributed by atoms with Gasteiger partial charge >= 0.3 is 5.95 Å². The lowest BCUT2D eigenvalue weighted by Gasteiger charge is -2.01. The van der Waals surface area contributed by atoms with Gasteiger partial charge in [-0.3, -0.25) is 0 Å². The summed E-state index contributed by atoms with van der Waals surface area (Å²) in [6.45, 7) is 6.06. The van der Waals surface area contributed by atoms with Gasteiger partial charge in [0.2, 0.25) is 0 Å². The van der Waals surface area contributed by atoms with Crippen LogP contribution in [0.5, 0.6) is 0 Å². The molecule has 16 heavy (non-hydrogen) atoms. The fourth-order valence-electron chi connectivity index (χ4n) is 1.70. The maximum atomic E-state index is 5.42. The summed E-state index contributed by atoms with van der Waals surface area (Å²) in [5.74, 6) is 2.65. The summed E-state index contributed by atoms with van der Waals surface area (Å²) < 4.78 is 15.7. The summed E-state index contributed by atoms with van der Waals surface area (Å²) in [7, 11) is 0. The van der Waals surface area contributed by atoms with E-state index in [9.17, 15) is 0 Å². The van der Waals surface area contributed by atoms with Gasteiger partial charge in [0.1, 0.15) is 12.7 Å². The maximum Gasteiger partial charge on any atom is 0.325 e. The topological polar surface area (TPSA) is 34.3 Å². The zero-order chi connectivity index (χ0) is 11.4. The SMILES string of the molecule is CC(C)CCCCCC1=C(OCC2CO2)O1. The Kier molecular flexibility index (Phi) is 4.10. The monoisotopic (exact) mass is 226 g/mol. The molecule has 0 bridgehead atoms. The molecule has 92 valence electrons. The Morgan fingerprint density at radius 1 is 1.31 bits per heavy atom. The average molecular weight is 226 g/mol. The van der Waals surface area contributed by atoms with Gasteiger partial charge in [-0.2, -0.15) is 0 Å². The molecule has 0 radical (unpaired) electrons. The third-order valence-electron chi connectivity index (χ3n) is 2.89. The first-order valence-electron chi connectivity index (χ1n) is 6.41. The second kappa shape index (κ2) is 5.58. The minimum absolute atomic E-state index is 0.323. The molecular weight excluding hydrogens is 204 g/mol. The minimum atomic E-state index is 0.323. The van der Waals surface area contributed by atoms with Crippen molar-refractivity contribution in [2.75, 3.05) is 13.2 Å². The predicted molar refractivity (Wildman–Crippen MR) is 61.7 cm³/mol. The molecule has 3 heteroatoms. The summed E-state index contributed by atoms with van der Waals surface area (Å²) >= 11 is 0. The van der Waals surface area contributed by atoms with Crippen molar-refractivity contribution < 1.29 is 14.2 Å². The third-order valence-corrected chi connectivity index (χ3v) is 2.89. The van der Waals surface area contributed by atoms with E-state index < -0.39 is 0 Å². The molecule has 1 unspecified atom stereocenters. The Labute approximate surface area is 97.8 Å². The lowest BCUT2D eigenvalue weighted by atomic mass is 10.0. The fourth-order valence-corrected chi connectivity index (χ4v) is 1.70. The van der Waals surface area contributed by atoms with Gasteiger partial charge in [-0.05, 0) is 12.3 Å². The molecule has 0 aliphatic carbocycles. The number of epoxide rings is 1. The molecule has 2 rings (SSSR count). The molecule has 1 saturated heterocycles. The van der Waals surface area contributed by atoms with Gasteiger partial charge in [-0.25, -0.2) is 0 Å². The molecule has 2 aliphatic rings. The number of rotatable bonds is 9. The summed E-state index contributed by atoms with van der Waals surface area (Å²) in [6, 6.07) is 0. The van der Waals surface area contributed by atoms with Crippen molar-refractivity contribution in [3.05, 3.63) is 11.7 Å². The Bertz CT molecular complexity index is 254. The number of hydrogen-bond donors (Lipinski definition) is 0. The molecule has 1 fully saturated rings. The molecule has 1 atom stereocenters. The van der Waals surface area contributed by atoms with E-state index in [1.165, 1.54) is 25.7 Å². The Hall–Kier alpha value is -0.700. The van der Waals surface area contributed by atoms with Crippen LogP contribution >= 0.6 is 0 Å². The van der Waals surface area contributed by atoms with E-state index in [0.29, 0.717) is 12.7 Å². The van der Waals surface area contributed by atoms with Gasteiger partial charge in [0.15, 0.2) is 5.76 Å². The van der Waals surface area contributed by atoms with E-state index in [0.717, 1.165) is 30.6 Å². The highest BCUT2D eigenvalue weighted by Gasteiger charge is 2.30. The predicted octanol–water partition coefficient (Wildman–Crippen LogP) is 3.21. The lowest BCUT2D eigenvalue weighted by molar-refractivity contribution is 0.135. The average Bonchev–Trinajstić information content (AvgIpc) is 3.10. The maximum absolute atomic E-state index is 5.42. The van der Waals surface area contributed by atoms with Crippen LogP contribution in [0.15, 0.2) is 11.7 Å². The van der Waals surface area contributed by atoms with E-state index in [4.69, 9.17) is 14.2 Å². The van der Waals surface area contributed by atoms with Crippen molar-refractivity contribution in [1.29, 1.82) is 0 Å². The van der Waals surface area contributed by atoms with Crippen molar-refractivity contribution in [2.45, 2.75) is 52.1 Å². The molecule has 0 aromatic rings. The van der Waals surface area contributed by atoms with Crippen LogP contribution in [0.2, 0.25) is 0 Å². The van der Waals surface area contributed by atoms with Crippen LogP contribution < -0.4 is 0 Å². The zero-order valence-corrected chi connectivity index (χ0v) is 10.3. The van der Waals surface area contributed by atoms with Crippen LogP contribution in [0.25, 0.3) is 0 Å². The molecule has 3 nitrogen and oxygen atoms in total. The molecule has 0 amide bonds. The number of unbranched alkanes of at least 4 members (excludes halogenated alkanes) is 2. The van der Waals surface area contributed by atoms with E-state index in [1.807, 2.05) is 0 Å². The van der Waals surface area contributed by atoms with Crippen LogP contribution in [-0.2, 0) is 14.2 Å². The quantitative estimate of drug-likeness (QED) is 0.447. The lowest BCUT2D eigenvalue weighted by Crippen LogP contribution is -1.96. The van der Waals surface area contributed by atoms with Crippen molar-refractivity contribution in [3.8, 4) is 0 Å². The highest BCUT2D eigenvalue weighted by molar-refractivity contribution is 5.11. The van der Waals surface area contributed by atoms with Crippen LogP contribution in [0.4, 0.5) is 0 Å². The van der Waals surface area contributed by atoms with Gasteiger partial charge in [-0.1, -0.05) is 33.1 Å². The highest BCUT2D eigenvalue weighted by Crippen LogP contribution is 2.32. The second-order valence-corrected chi connectivity index (χ2v) is 5.07. The summed E-state index contributed by atoms with van der Waals surface area (Å²) in [4.78, 5) is 0. The van der Waals surface area contributed by atoms with Crippen molar-refractivity contribution in [2.24, 2.45) is 5.92 Å². The van der Waals surface area contributed by atoms with Crippen LogP contribution in [0, 0.1) is 5.92 Å². The Morgan fingerprint density at radius 3 is 2.81 bits per heavy atom. The zero-order valence-electron chi connectivity index (χ0n) is 10.3. The Balaban J connectivity index is 1.44. The molecule has 0 N–H and O–H groups in total. The minimum Gasteiger partial charge on any atom is -0.460 e. The summed E-state index contributed by atoms with van der Waals surface area (Å²) in [5, 5.41) is 0. The molecular formula is C13H22O3. The van der Waals surface area contributed by atoms with E-state index in [-0.39, 0.29) is 0 Å². The largest absolute Gasteiger partial charge is 0.460 e. The van der Waals surface area contributed by atoms with Crippen LogP contribution in [0.1, 0.15) is 46.0 Å². The summed E-state index contributed by atoms with van der Waals surface area (Å²) in [5.41, 5.74) is 0. The molecule has 0 aromatic carbocycles.